The van der Waals surface area contributed by atoms with Crippen molar-refractivity contribution in [1.29, 1.82) is 0 Å². The number of carbonyl (C=O) groups is 2. The van der Waals surface area contributed by atoms with Crippen molar-refractivity contribution >= 4 is 28.5 Å². The third-order valence-corrected chi connectivity index (χ3v) is 6.52. The average molecular weight is 429 g/mol. The van der Waals surface area contributed by atoms with Crippen molar-refractivity contribution in [2.45, 2.75) is 51.0 Å². The molecule has 2 fully saturated rings. The van der Waals surface area contributed by atoms with Gasteiger partial charge in [-0.2, -0.15) is 0 Å². The van der Waals surface area contributed by atoms with Gasteiger partial charge in [-0.15, -0.1) is 0 Å². The number of hydrogen-bond acceptors (Lipinski definition) is 6. The first-order valence-corrected chi connectivity index (χ1v) is 11.4. The Labute approximate surface area is 182 Å². The molecule has 1 aromatic carbocycles. The van der Waals surface area contributed by atoms with E-state index in [9.17, 15) is 9.59 Å². The van der Waals surface area contributed by atoms with Crippen molar-refractivity contribution in [3.8, 4) is 0 Å². The number of carbonyl (C=O) groups excluding carboxylic acids is 2. The Bertz CT molecular complexity index is 903. The number of esters is 1. The monoisotopic (exact) mass is 428 g/mol. The molecule has 1 aliphatic carbocycles. The second-order valence-electron chi connectivity index (χ2n) is 8.62. The van der Waals surface area contributed by atoms with Gasteiger partial charge < -0.3 is 24.5 Å². The van der Waals surface area contributed by atoms with Crippen molar-refractivity contribution in [2.75, 3.05) is 32.2 Å². The van der Waals surface area contributed by atoms with Gasteiger partial charge in [-0.05, 0) is 49.1 Å². The SMILES string of the molecule is COCCCOC(=O)c1cc2cc(NC(=O)[C@H]3NCC[C@H]3C3CCCCC3)ccc2o1. The molecule has 168 valence electrons. The third kappa shape index (κ3) is 5.28. The van der Waals surface area contributed by atoms with Crippen LogP contribution in [-0.2, 0) is 14.3 Å². The molecule has 1 saturated heterocycles. The number of fused-ring (bicyclic) bond motifs is 1. The molecule has 1 amide bonds. The fraction of sp³-hybridized carbons (Fsp3) is 0.583. The van der Waals surface area contributed by atoms with E-state index < -0.39 is 5.97 Å². The van der Waals surface area contributed by atoms with Gasteiger partial charge in [0.1, 0.15) is 5.58 Å². The summed E-state index contributed by atoms with van der Waals surface area (Å²) in [6.45, 7) is 1.71. The molecule has 7 nitrogen and oxygen atoms in total. The van der Waals surface area contributed by atoms with Crippen LogP contribution in [0.2, 0.25) is 0 Å². The molecule has 2 N–H and O–H groups in total. The van der Waals surface area contributed by atoms with Gasteiger partial charge in [-0.25, -0.2) is 4.79 Å². The van der Waals surface area contributed by atoms with Crippen molar-refractivity contribution in [2.24, 2.45) is 11.8 Å². The molecule has 7 heteroatoms. The zero-order chi connectivity index (χ0) is 21.6. The summed E-state index contributed by atoms with van der Waals surface area (Å²) in [6, 6.07) is 6.93. The molecule has 31 heavy (non-hydrogen) atoms. The lowest BCUT2D eigenvalue weighted by atomic mass is 9.76. The van der Waals surface area contributed by atoms with Gasteiger partial charge in [0.25, 0.3) is 0 Å². The molecule has 0 bridgehead atoms. The Balaban J connectivity index is 1.39. The summed E-state index contributed by atoms with van der Waals surface area (Å²) >= 11 is 0. The highest BCUT2D eigenvalue weighted by molar-refractivity contribution is 5.98. The fourth-order valence-corrected chi connectivity index (χ4v) is 4.96. The molecule has 2 aliphatic rings. The number of hydrogen-bond donors (Lipinski definition) is 2. The molecule has 2 heterocycles. The summed E-state index contributed by atoms with van der Waals surface area (Å²) in [7, 11) is 1.61. The second-order valence-corrected chi connectivity index (χ2v) is 8.62. The number of benzene rings is 1. The molecule has 0 spiro atoms. The molecule has 2 aromatic rings. The van der Waals surface area contributed by atoms with Gasteiger partial charge in [0.05, 0.1) is 12.6 Å². The fourth-order valence-electron chi connectivity index (χ4n) is 4.96. The van der Waals surface area contributed by atoms with Crippen LogP contribution >= 0.6 is 0 Å². The lowest BCUT2D eigenvalue weighted by Gasteiger charge is -2.30. The maximum atomic E-state index is 13.0. The largest absolute Gasteiger partial charge is 0.460 e. The highest BCUT2D eigenvalue weighted by atomic mass is 16.5. The number of ether oxygens (including phenoxy) is 2. The molecule has 4 rings (SSSR count). The topological polar surface area (TPSA) is 89.8 Å². The summed E-state index contributed by atoms with van der Waals surface area (Å²) in [5.74, 6) is 0.744. The number of rotatable bonds is 8. The van der Waals surface area contributed by atoms with Crippen LogP contribution in [0, 0.1) is 11.8 Å². The van der Waals surface area contributed by atoms with E-state index in [4.69, 9.17) is 13.9 Å². The first kappa shape index (κ1) is 21.8. The van der Waals surface area contributed by atoms with Gasteiger partial charge in [0, 0.05) is 31.2 Å². The Hall–Kier alpha value is -2.38. The van der Waals surface area contributed by atoms with Crippen LogP contribution in [0.4, 0.5) is 5.69 Å². The van der Waals surface area contributed by atoms with Gasteiger partial charge in [-0.1, -0.05) is 32.1 Å². The molecule has 0 unspecified atom stereocenters. The summed E-state index contributed by atoms with van der Waals surface area (Å²) < 4.78 is 15.8. The Morgan fingerprint density at radius 1 is 1.13 bits per heavy atom. The van der Waals surface area contributed by atoms with E-state index in [-0.39, 0.29) is 24.3 Å². The van der Waals surface area contributed by atoms with Gasteiger partial charge >= 0.3 is 5.97 Å². The molecular formula is C24H32N2O5. The maximum Gasteiger partial charge on any atom is 0.374 e. The van der Waals surface area contributed by atoms with Gasteiger partial charge in [0.15, 0.2) is 0 Å². The van der Waals surface area contributed by atoms with Crippen LogP contribution in [0.5, 0.6) is 0 Å². The maximum absolute atomic E-state index is 13.0. The zero-order valence-electron chi connectivity index (χ0n) is 18.2. The highest BCUT2D eigenvalue weighted by Crippen LogP contribution is 2.36. The van der Waals surface area contributed by atoms with E-state index in [2.05, 4.69) is 10.6 Å². The lowest BCUT2D eigenvalue weighted by molar-refractivity contribution is -0.119. The van der Waals surface area contributed by atoms with Crippen LogP contribution in [-0.4, -0.2) is 44.8 Å². The average Bonchev–Trinajstić information content (AvgIpc) is 3.44. The first-order valence-electron chi connectivity index (χ1n) is 11.4. The minimum absolute atomic E-state index is 0.0219. The van der Waals surface area contributed by atoms with Crippen LogP contribution in [0.25, 0.3) is 11.0 Å². The standard InChI is InChI=1S/C24H32N2O5/c1-29-12-5-13-30-24(28)21-15-17-14-18(8-9-20(17)31-21)26-23(27)22-19(10-11-25-22)16-6-3-2-4-7-16/h8-9,14-16,19,22,25H,2-7,10-13H2,1H3,(H,26,27)/t19-,22-/m0/s1. The van der Waals surface area contributed by atoms with Crippen molar-refractivity contribution in [3.05, 3.63) is 30.0 Å². The summed E-state index contributed by atoms with van der Waals surface area (Å²) in [5, 5.41) is 7.22. The van der Waals surface area contributed by atoms with Crippen LogP contribution in [0.1, 0.15) is 55.5 Å². The van der Waals surface area contributed by atoms with E-state index in [0.717, 1.165) is 18.4 Å². The zero-order valence-corrected chi connectivity index (χ0v) is 18.2. The molecular weight excluding hydrogens is 396 g/mol. The predicted octanol–water partition coefficient (Wildman–Crippen LogP) is 4.12. The normalized spacial score (nSPS) is 22.0. The number of furan rings is 1. The summed E-state index contributed by atoms with van der Waals surface area (Å²) in [4.78, 5) is 25.2. The molecule has 0 radical (unpaired) electrons. The lowest BCUT2D eigenvalue weighted by Crippen LogP contribution is -2.42. The minimum Gasteiger partial charge on any atom is -0.460 e. The summed E-state index contributed by atoms with van der Waals surface area (Å²) in [5.41, 5.74) is 1.29. The highest BCUT2D eigenvalue weighted by Gasteiger charge is 2.38. The smallest absolute Gasteiger partial charge is 0.374 e. The van der Waals surface area contributed by atoms with Gasteiger partial charge in [-0.3, -0.25) is 4.79 Å². The predicted molar refractivity (Wildman–Crippen MR) is 118 cm³/mol. The number of anilines is 1. The molecule has 2 atom stereocenters. The van der Waals surface area contributed by atoms with E-state index in [1.54, 1.807) is 19.2 Å². The Kier molecular flexibility index (Phi) is 7.25. The van der Waals surface area contributed by atoms with Crippen molar-refractivity contribution in [1.82, 2.24) is 5.32 Å². The number of methoxy groups -OCH3 is 1. The second kappa shape index (κ2) is 10.3. The molecule has 1 saturated carbocycles. The minimum atomic E-state index is -0.497. The Morgan fingerprint density at radius 2 is 1.97 bits per heavy atom. The summed E-state index contributed by atoms with van der Waals surface area (Å²) in [6.07, 6.45) is 8.06. The number of nitrogens with one attached hydrogen (secondary N) is 2. The number of amides is 1. The van der Waals surface area contributed by atoms with Crippen LogP contribution in [0.3, 0.4) is 0 Å². The Morgan fingerprint density at radius 3 is 2.77 bits per heavy atom. The van der Waals surface area contributed by atoms with Crippen LogP contribution in [0.15, 0.2) is 28.7 Å². The van der Waals surface area contributed by atoms with E-state index >= 15 is 0 Å². The van der Waals surface area contributed by atoms with E-state index in [1.165, 1.54) is 32.1 Å². The van der Waals surface area contributed by atoms with Crippen molar-refractivity contribution < 1.29 is 23.5 Å². The first-order chi connectivity index (χ1) is 15.2. The van der Waals surface area contributed by atoms with Crippen molar-refractivity contribution in [3.63, 3.8) is 0 Å². The quantitative estimate of drug-likeness (QED) is 0.486. The van der Waals surface area contributed by atoms with Crippen LogP contribution < -0.4 is 10.6 Å². The molecule has 1 aromatic heterocycles. The molecule has 1 aliphatic heterocycles. The van der Waals surface area contributed by atoms with E-state index in [0.29, 0.717) is 36.1 Å². The van der Waals surface area contributed by atoms with E-state index in [1.807, 2.05) is 12.1 Å². The van der Waals surface area contributed by atoms with Gasteiger partial charge in [0.2, 0.25) is 11.7 Å². The third-order valence-electron chi connectivity index (χ3n) is 6.52.